The van der Waals surface area contributed by atoms with Crippen molar-refractivity contribution < 1.29 is 9.15 Å². The van der Waals surface area contributed by atoms with Gasteiger partial charge < -0.3 is 14.5 Å². The number of nitrogens with zero attached hydrogens (tertiary/aromatic N) is 2. The Morgan fingerprint density at radius 2 is 2.29 bits per heavy atom. The van der Waals surface area contributed by atoms with Gasteiger partial charge in [0, 0.05) is 12.6 Å². The molecule has 0 saturated carbocycles. The van der Waals surface area contributed by atoms with E-state index in [1.165, 1.54) is 0 Å². The summed E-state index contributed by atoms with van der Waals surface area (Å²) in [6, 6.07) is 9.27. The number of oxazole rings is 1. The highest BCUT2D eigenvalue weighted by Gasteiger charge is 2.13. The molecule has 2 rings (SSSR count). The first-order valence-corrected chi connectivity index (χ1v) is 5.01. The molecule has 5 nitrogen and oxygen atoms in total. The van der Waals surface area contributed by atoms with Crippen molar-refractivity contribution in [2.45, 2.75) is 0 Å². The number of hydrogen-bond acceptors (Lipinski definition) is 5. The second kappa shape index (κ2) is 4.58. The van der Waals surface area contributed by atoms with Crippen LogP contribution in [0, 0.1) is 11.3 Å². The first kappa shape index (κ1) is 11.0. The van der Waals surface area contributed by atoms with Crippen LogP contribution in [0.5, 0.6) is 5.75 Å². The highest BCUT2D eigenvalue weighted by Crippen LogP contribution is 2.27. The van der Waals surface area contributed by atoms with Crippen molar-refractivity contribution in [3.05, 3.63) is 30.0 Å². The standard InChI is InChI=1S/C12H11N3O2/c1-14-12-10(7-13)15-11(17-12)8-4-3-5-9(6-8)16-2/h3-6,14H,1-2H3. The molecule has 86 valence electrons. The number of rotatable bonds is 3. The second-order valence-corrected chi connectivity index (χ2v) is 3.29. The molecule has 0 fully saturated rings. The highest BCUT2D eigenvalue weighted by molar-refractivity contribution is 5.60. The number of anilines is 1. The fraction of sp³-hybridized carbons (Fsp3) is 0.167. The Bertz CT molecular complexity index is 569. The molecule has 1 N–H and O–H groups in total. The van der Waals surface area contributed by atoms with Gasteiger partial charge in [0.1, 0.15) is 11.8 Å². The minimum atomic E-state index is 0.241. The van der Waals surface area contributed by atoms with E-state index in [1.54, 1.807) is 20.2 Å². The van der Waals surface area contributed by atoms with E-state index in [1.807, 2.05) is 24.3 Å². The van der Waals surface area contributed by atoms with Crippen LogP contribution in [0.2, 0.25) is 0 Å². The Kier molecular flexibility index (Phi) is 2.97. The summed E-state index contributed by atoms with van der Waals surface area (Å²) in [7, 11) is 3.27. The average Bonchev–Trinajstić information content (AvgIpc) is 2.82. The van der Waals surface area contributed by atoms with Gasteiger partial charge in [-0.3, -0.25) is 0 Å². The van der Waals surface area contributed by atoms with Crippen LogP contribution in [0.3, 0.4) is 0 Å². The number of nitriles is 1. The minimum absolute atomic E-state index is 0.241. The zero-order chi connectivity index (χ0) is 12.3. The van der Waals surface area contributed by atoms with Crippen LogP contribution in [0.4, 0.5) is 5.88 Å². The third-order valence-corrected chi connectivity index (χ3v) is 2.28. The van der Waals surface area contributed by atoms with Crippen LogP contribution in [0.1, 0.15) is 5.69 Å². The van der Waals surface area contributed by atoms with E-state index in [2.05, 4.69) is 10.3 Å². The lowest BCUT2D eigenvalue weighted by Gasteiger charge is -2.00. The van der Waals surface area contributed by atoms with E-state index < -0.39 is 0 Å². The van der Waals surface area contributed by atoms with E-state index >= 15 is 0 Å². The fourth-order valence-electron chi connectivity index (χ4n) is 1.44. The van der Waals surface area contributed by atoms with Crippen LogP contribution in [-0.4, -0.2) is 19.1 Å². The summed E-state index contributed by atoms with van der Waals surface area (Å²) < 4.78 is 10.6. The molecule has 0 amide bonds. The van der Waals surface area contributed by atoms with Gasteiger partial charge >= 0.3 is 0 Å². The molecular weight excluding hydrogens is 218 g/mol. The maximum Gasteiger partial charge on any atom is 0.232 e. The quantitative estimate of drug-likeness (QED) is 0.874. The van der Waals surface area contributed by atoms with Gasteiger partial charge in [-0.05, 0) is 18.2 Å². The fourth-order valence-corrected chi connectivity index (χ4v) is 1.44. The largest absolute Gasteiger partial charge is 0.497 e. The third-order valence-electron chi connectivity index (χ3n) is 2.28. The zero-order valence-electron chi connectivity index (χ0n) is 9.52. The summed E-state index contributed by atoms with van der Waals surface area (Å²) in [6.45, 7) is 0. The van der Waals surface area contributed by atoms with Gasteiger partial charge in [-0.25, -0.2) is 0 Å². The van der Waals surface area contributed by atoms with Crippen LogP contribution in [-0.2, 0) is 0 Å². The summed E-state index contributed by atoms with van der Waals surface area (Å²) in [6.07, 6.45) is 0. The van der Waals surface area contributed by atoms with Gasteiger partial charge in [-0.15, -0.1) is 0 Å². The average molecular weight is 229 g/mol. The second-order valence-electron chi connectivity index (χ2n) is 3.29. The van der Waals surface area contributed by atoms with Gasteiger partial charge in [-0.1, -0.05) is 6.07 Å². The van der Waals surface area contributed by atoms with E-state index in [9.17, 15) is 0 Å². The molecule has 0 aliphatic carbocycles. The summed E-state index contributed by atoms with van der Waals surface area (Å²) in [4.78, 5) is 4.10. The third kappa shape index (κ3) is 2.06. The van der Waals surface area contributed by atoms with Crippen LogP contribution in [0.25, 0.3) is 11.5 Å². The molecule has 2 aromatic rings. The highest BCUT2D eigenvalue weighted by atomic mass is 16.5. The normalized spacial score (nSPS) is 9.71. The van der Waals surface area contributed by atoms with Crippen molar-refractivity contribution in [1.82, 2.24) is 4.98 Å². The van der Waals surface area contributed by atoms with E-state index in [0.29, 0.717) is 17.5 Å². The smallest absolute Gasteiger partial charge is 0.232 e. The first-order chi connectivity index (χ1) is 8.28. The molecule has 0 aliphatic heterocycles. The van der Waals surface area contributed by atoms with E-state index in [4.69, 9.17) is 14.4 Å². The van der Waals surface area contributed by atoms with Crippen LogP contribution in [0.15, 0.2) is 28.7 Å². The molecule has 0 atom stereocenters. The lowest BCUT2D eigenvalue weighted by Crippen LogP contribution is -1.87. The van der Waals surface area contributed by atoms with Gasteiger partial charge in [0.05, 0.1) is 7.11 Å². The summed E-state index contributed by atoms with van der Waals surface area (Å²) in [5.41, 5.74) is 1.01. The van der Waals surface area contributed by atoms with Gasteiger partial charge in [-0.2, -0.15) is 10.2 Å². The van der Waals surface area contributed by atoms with Crippen LogP contribution >= 0.6 is 0 Å². The van der Waals surface area contributed by atoms with E-state index in [-0.39, 0.29) is 5.69 Å². The Balaban J connectivity index is 2.46. The molecule has 1 aromatic heterocycles. The molecule has 1 aromatic carbocycles. The Labute approximate surface area is 98.7 Å². The maximum atomic E-state index is 8.87. The number of hydrogen-bond donors (Lipinski definition) is 1. The predicted molar refractivity (Wildman–Crippen MR) is 62.8 cm³/mol. The van der Waals surface area contributed by atoms with Crippen molar-refractivity contribution in [2.24, 2.45) is 0 Å². The number of methoxy groups -OCH3 is 1. The summed E-state index contributed by atoms with van der Waals surface area (Å²) >= 11 is 0. The Morgan fingerprint density at radius 3 is 2.88 bits per heavy atom. The molecule has 1 heterocycles. The molecule has 5 heteroatoms. The van der Waals surface area contributed by atoms with Crippen molar-refractivity contribution in [1.29, 1.82) is 5.26 Å². The van der Waals surface area contributed by atoms with Gasteiger partial charge in [0.2, 0.25) is 17.5 Å². The first-order valence-electron chi connectivity index (χ1n) is 5.01. The monoisotopic (exact) mass is 229 g/mol. The van der Waals surface area contributed by atoms with Crippen molar-refractivity contribution in [3.8, 4) is 23.3 Å². The zero-order valence-corrected chi connectivity index (χ0v) is 9.52. The molecule has 17 heavy (non-hydrogen) atoms. The Hall–Kier alpha value is -2.48. The van der Waals surface area contributed by atoms with Gasteiger partial charge in [0.15, 0.2) is 0 Å². The van der Waals surface area contributed by atoms with Crippen molar-refractivity contribution in [2.75, 3.05) is 19.5 Å². The molecule has 0 unspecified atom stereocenters. The summed E-state index contributed by atoms with van der Waals surface area (Å²) in [5.74, 6) is 1.47. The lowest BCUT2D eigenvalue weighted by atomic mass is 10.2. The summed E-state index contributed by atoms with van der Waals surface area (Å²) in [5, 5.41) is 11.7. The molecular formula is C12H11N3O2. The van der Waals surface area contributed by atoms with Gasteiger partial charge in [0.25, 0.3) is 0 Å². The molecule has 0 radical (unpaired) electrons. The number of aromatic nitrogens is 1. The molecule has 0 spiro atoms. The van der Waals surface area contributed by atoms with E-state index in [0.717, 1.165) is 5.56 Å². The maximum absolute atomic E-state index is 8.87. The molecule has 0 saturated heterocycles. The van der Waals surface area contributed by atoms with Crippen molar-refractivity contribution in [3.63, 3.8) is 0 Å². The number of nitrogens with one attached hydrogen (secondary N) is 1. The van der Waals surface area contributed by atoms with Crippen LogP contribution < -0.4 is 10.1 Å². The number of benzene rings is 1. The minimum Gasteiger partial charge on any atom is -0.497 e. The lowest BCUT2D eigenvalue weighted by molar-refractivity contribution is 0.415. The molecule has 0 aliphatic rings. The number of ether oxygens (including phenoxy) is 1. The topological polar surface area (TPSA) is 71.1 Å². The Morgan fingerprint density at radius 1 is 1.47 bits per heavy atom. The van der Waals surface area contributed by atoms with Crippen molar-refractivity contribution >= 4 is 5.88 Å². The molecule has 0 bridgehead atoms. The predicted octanol–water partition coefficient (Wildman–Crippen LogP) is 2.26. The SMILES string of the molecule is CNc1oc(-c2cccc(OC)c2)nc1C#N.